The van der Waals surface area contributed by atoms with Crippen LogP contribution in [0.25, 0.3) is 0 Å². The van der Waals surface area contributed by atoms with E-state index in [1.165, 1.54) is 7.11 Å². The van der Waals surface area contributed by atoms with Crippen molar-refractivity contribution in [3.63, 3.8) is 0 Å². The van der Waals surface area contributed by atoms with E-state index in [1.54, 1.807) is 0 Å². The lowest BCUT2D eigenvalue weighted by Crippen LogP contribution is -2.62. The molecule has 2 atom stereocenters. The van der Waals surface area contributed by atoms with Gasteiger partial charge >= 0.3 is 5.97 Å². The number of methoxy groups -OCH3 is 1. The first-order chi connectivity index (χ1) is 12.4. The summed E-state index contributed by atoms with van der Waals surface area (Å²) in [6.45, 7) is 3.98. The highest BCUT2D eigenvalue weighted by Crippen LogP contribution is 2.60. The third-order valence-corrected chi connectivity index (χ3v) is 7.25. The van der Waals surface area contributed by atoms with Crippen LogP contribution in [0.4, 0.5) is 0 Å². The molecule has 1 aromatic rings. The van der Waals surface area contributed by atoms with Gasteiger partial charge in [-0.15, -0.1) is 0 Å². The highest BCUT2D eigenvalue weighted by molar-refractivity contribution is 5.87. The van der Waals surface area contributed by atoms with Crippen molar-refractivity contribution < 1.29 is 14.3 Å². The molecule has 4 aliphatic carbocycles. The summed E-state index contributed by atoms with van der Waals surface area (Å²) in [5.74, 6) is 1.47. The molecular weight excluding hydrogens is 326 g/mol. The van der Waals surface area contributed by atoms with E-state index in [4.69, 9.17) is 4.74 Å². The number of carbonyl (C=O) groups is 2. The third-order valence-electron chi connectivity index (χ3n) is 7.25. The van der Waals surface area contributed by atoms with Gasteiger partial charge in [-0.05, 0) is 69.3 Å². The standard InChI is InChI=1S/C22H29NO3/c1-21(2,17-7-5-4-6-8-17)19(24)23-18-15-9-14-10-16(18)13-22(11-14,12-15)20(25)26-3/h4-8,14-16,18H,9-13H2,1-3H3,(H,23,24). The molecule has 2 unspecified atom stereocenters. The number of rotatable bonds is 4. The Morgan fingerprint density at radius 2 is 1.69 bits per heavy atom. The summed E-state index contributed by atoms with van der Waals surface area (Å²) >= 11 is 0. The number of ether oxygens (including phenoxy) is 1. The van der Waals surface area contributed by atoms with Crippen molar-refractivity contribution in [2.24, 2.45) is 23.2 Å². The van der Waals surface area contributed by atoms with Gasteiger partial charge in [0.05, 0.1) is 17.9 Å². The number of hydrogen-bond acceptors (Lipinski definition) is 3. The minimum atomic E-state index is -0.560. The summed E-state index contributed by atoms with van der Waals surface area (Å²) in [5.41, 5.74) is 0.185. The number of esters is 1. The predicted molar refractivity (Wildman–Crippen MR) is 99.4 cm³/mol. The van der Waals surface area contributed by atoms with Crippen LogP contribution in [0.5, 0.6) is 0 Å². The number of amides is 1. The van der Waals surface area contributed by atoms with Crippen LogP contribution in [0.2, 0.25) is 0 Å². The van der Waals surface area contributed by atoms with Crippen molar-refractivity contribution in [2.75, 3.05) is 7.11 Å². The van der Waals surface area contributed by atoms with Crippen LogP contribution in [-0.4, -0.2) is 25.0 Å². The van der Waals surface area contributed by atoms with Crippen molar-refractivity contribution in [1.82, 2.24) is 5.32 Å². The molecule has 5 rings (SSSR count). The van der Waals surface area contributed by atoms with E-state index < -0.39 is 5.41 Å². The lowest BCUT2D eigenvalue weighted by atomic mass is 9.48. The Labute approximate surface area is 155 Å². The van der Waals surface area contributed by atoms with E-state index >= 15 is 0 Å². The second kappa shape index (κ2) is 6.11. The first-order valence-electron chi connectivity index (χ1n) is 9.81. The van der Waals surface area contributed by atoms with Gasteiger partial charge in [0.15, 0.2) is 0 Å². The maximum atomic E-state index is 13.1. The topological polar surface area (TPSA) is 55.4 Å². The molecule has 0 spiro atoms. The van der Waals surface area contributed by atoms with Crippen LogP contribution in [0.3, 0.4) is 0 Å². The van der Waals surface area contributed by atoms with E-state index in [1.807, 2.05) is 44.2 Å². The molecule has 0 saturated heterocycles. The van der Waals surface area contributed by atoms with Crippen molar-refractivity contribution in [3.05, 3.63) is 35.9 Å². The zero-order valence-electron chi connectivity index (χ0n) is 16.0. The average Bonchev–Trinajstić information content (AvgIpc) is 2.63. The van der Waals surface area contributed by atoms with Crippen LogP contribution in [0, 0.1) is 23.2 Å². The molecule has 4 fully saturated rings. The number of benzene rings is 1. The molecule has 4 saturated carbocycles. The average molecular weight is 355 g/mol. The van der Waals surface area contributed by atoms with Gasteiger partial charge in [-0.3, -0.25) is 9.59 Å². The summed E-state index contributed by atoms with van der Waals surface area (Å²) in [7, 11) is 1.50. The van der Waals surface area contributed by atoms with Crippen LogP contribution >= 0.6 is 0 Å². The zero-order chi connectivity index (χ0) is 18.5. The second-order valence-corrected chi connectivity index (χ2v) is 9.23. The van der Waals surface area contributed by atoms with E-state index in [9.17, 15) is 9.59 Å². The predicted octanol–water partition coefficient (Wildman–Crippen LogP) is 3.45. The summed E-state index contributed by atoms with van der Waals surface area (Å²) in [4.78, 5) is 25.6. The highest BCUT2D eigenvalue weighted by atomic mass is 16.5. The van der Waals surface area contributed by atoms with Crippen LogP contribution in [-0.2, 0) is 19.7 Å². The smallest absolute Gasteiger partial charge is 0.311 e. The van der Waals surface area contributed by atoms with E-state index in [0.29, 0.717) is 17.8 Å². The largest absolute Gasteiger partial charge is 0.469 e. The molecule has 4 heteroatoms. The first-order valence-corrected chi connectivity index (χ1v) is 9.81. The Morgan fingerprint density at radius 1 is 1.08 bits per heavy atom. The monoisotopic (exact) mass is 355 g/mol. The van der Waals surface area contributed by atoms with E-state index in [2.05, 4.69) is 5.32 Å². The molecule has 0 radical (unpaired) electrons. The van der Waals surface area contributed by atoms with Crippen molar-refractivity contribution in [1.29, 1.82) is 0 Å². The Morgan fingerprint density at radius 3 is 2.27 bits per heavy atom. The van der Waals surface area contributed by atoms with Gasteiger partial charge in [-0.1, -0.05) is 30.3 Å². The lowest BCUT2D eigenvalue weighted by molar-refractivity contribution is -0.171. The Kier molecular flexibility index (Phi) is 4.13. The van der Waals surface area contributed by atoms with Gasteiger partial charge in [0.2, 0.25) is 5.91 Å². The van der Waals surface area contributed by atoms with Gasteiger partial charge in [0, 0.05) is 6.04 Å². The fourth-order valence-corrected chi connectivity index (χ4v) is 6.04. The molecule has 1 aromatic carbocycles. The fraction of sp³-hybridized carbons (Fsp3) is 0.636. The molecule has 1 amide bonds. The summed E-state index contributed by atoms with van der Waals surface area (Å²) in [5, 5.41) is 3.38. The van der Waals surface area contributed by atoms with Crippen molar-refractivity contribution in [2.45, 2.75) is 57.4 Å². The van der Waals surface area contributed by atoms with Gasteiger partial charge in [0.1, 0.15) is 0 Å². The van der Waals surface area contributed by atoms with Gasteiger partial charge in [0.25, 0.3) is 0 Å². The molecule has 0 aliphatic heterocycles. The van der Waals surface area contributed by atoms with E-state index in [-0.39, 0.29) is 23.3 Å². The highest BCUT2D eigenvalue weighted by Gasteiger charge is 2.59. The van der Waals surface area contributed by atoms with Crippen LogP contribution < -0.4 is 5.32 Å². The Bertz CT molecular complexity index is 695. The Balaban J connectivity index is 1.52. The minimum absolute atomic E-state index is 0.0358. The van der Waals surface area contributed by atoms with Crippen LogP contribution in [0.1, 0.15) is 51.5 Å². The van der Waals surface area contributed by atoms with Crippen molar-refractivity contribution in [3.8, 4) is 0 Å². The van der Waals surface area contributed by atoms with Gasteiger partial charge < -0.3 is 10.1 Å². The van der Waals surface area contributed by atoms with E-state index in [0.717, 1.165) is 37.7 Å². The quantitative estimate of drug-likeness (QED) is 0.842. The SMILES string of the molecule is COC(=O)C12CC3CC(C1)C(NC(=O)C(C)(C)c1ccccc1)C(C3)C2. The lowest BCUT2D eigenvalue weighted by Gasteiger charge is -2.58. The first kappa shape index (κ1) is 17.6. The normalized spacial score (nSPS) is 35.2. The molecule has 0 aromatic heterocycles. The molecule has 26 heavy (non-hydrogen) atoms. The minimum Gasteiger partial charge on any atom is -0.469 e. The maximum absolute atomic E-state index is 13.1. The van der Waals surface area contributed by atoms with Gasteiger partial charge in [-0.2, -0.15) is 0 Å². The molecule has 1 N–H and O–H groups in total. The number of nitrogens with one attached hydrogen (secondary N) is 1. The molecule has 0 heterocycles. The molecule has 4 nitrogen and oxygen atoms in total. The molecule has 4 bridgehead atoms. The third kappa shape index (κ3) is 2.65. The summed E-state index contributed by atoms with van der Waals surface area (Å²) in [6.07, 6.45) is 4.97. The number of hydrogen-bond donors (Lipinski definition) is 1. The zero-order valence-corrected chi connectivity index (χ0v) is 16.0. The second-order valence-electron chi connectivity index (χ2n) is 9.23. The number of carbonyl (C=O) groups excluding carboxylic acids is 2. The summed E-state index contributed by atoms with van der Waals surface area (Å²) < 4.78 is 5.14. The van der Waals surface area contributed by atoms with Gasteiger partial charge in [-0.25, -0.2) is 0 Å². The fourth-order valence-electron chi connectivity index (χ4n) is 6.04. The molecular formula is C22H29NO3. The molecule has 4 aliphatic rings. The van der Waals surface area contributed by atoms with Crippen LogP contribution in [0.15, 0.2) is 30.3 Å². The Hall–Kier alpha value is -1.84. The van der Waals surface area contributed by atoms with Crippen molar-refractivity contribution >= 4 is 11.9 Å². The maximum Gasteiger partial charge on any atom is 0.311 e. The summed E-state index contributed by atoms with van der Waals surface area (Å²) in [6, 6.07) is 10.2. The molecule has 140 valence electrons.